The molecule has 1 saturated heterocycles. The topological polar surface area (TPSA) is 94.2 Å². The minimum Gasteiger partial charge on any atom is -0.485 e. The van der Waals surface area contributed by atoms with Crippen molar-refractivity contribution in [2.24, 2.45) is 0 Å². The van der Waals surface area contributed by atoms with E-state index in [4.69, 9.17) is 14.2 Å². The largest absolute Gasteiger partial charge is 0.485 e. The van der Waals surface area contributed by atoms with Gasteiger partial charge in [0, 0.05) is 31.8 Å². The monoisotopic (exact) mass is 366 g/mol. The second kappa shape index (κ2) is 7.38. The van der Waals surface area contributed by atoms with Gasteiger partial charge in [0.15, 0.2) is 17.9 Å². The zero-order valence-corrected chi connectivity index (χ0v) is 14.4. The fourth-order valence-electron chi connectivity index (χ4n) is 3.12. The highest BCUT2D eigenvalue weighted by molar-refractivity contribution is 6.05. The van der Waals surface area contributed by atoms with Gasteiger partial charge in [-0.15, -0.1) is 0 Å². The molecule has 2 aliphatic heterocycles. The average molecular weight is 366 g/mol. The summed E-state index contributed by atoms with van der Waals surface area (Å²) in [5.74, 6) is -1.97. The molecule has 26 heavy (non-hydrogen) atoms. The Balaban J connectivity index is 1.84. The molecule has 9 heteroatoms. The summed E-state index contributed by atoms with van der Waals surface area (Å²) in [4.78, 5) is 37.4. The van der Waals surface area contributed by atoms with Crippen molar-refractivity contribution in [1.82, 2.24) is 10.2 Å². The molecule has 8 nitrogen and oxygen atoms in total. The van der Waals surface area contributed by atoms with E-state index in [0.717, 1.165) is 6.07 Å². The van der Waals surface area contributed by atoms with E-state index in [9.17, 15) is 18.8 Å². The Morgan fingerprint density at radius 3 is 2.65 bits per heavy atom. The maximum absolute atomic E-state index is 14.3. The Hall–Kier alpha value is -2.52. The lowest BCUT2D eigenvalue weighted by Crippen LogP contribution is -2.52. The van der Waals surface area contributed by atoms with E-state index in [1.807, 2.05) is 0 Å². The first-order chi connectivity index (χ1) is 12.5. The number of benzene rings is 1. The number of halogens is 1. The van der Waals surface area contributed by atoms with Gasteiger partial charge in [0.1, 0.15) is 12.6 Å². The van der Waals surface area contributed by atoms with Crippen LogP contribution in [0.1, 0.15) is 28.8 Å². The molecule has 2 aliphatic rings. The summed E-state index contributed by atoms with van der Waals surface area (Å²) in [6, 6.07) is 1.75. The zero-order chi connectivity index (χ0) is 18.8. The van der Waals surface area contributed by atoms with Crippen LogP contribution in [-0.2, 0) is 25.6 Å². The van der Waals surface area contributed by atoms with Crippen molar-refractivity contribution in [2.75, 3.05) is 20.8 Å². The summed E-state index contributed by atoms with van der Waals surface area (Å²) >= 11 is 0. The number of ether oxygens (including phenoxy) is 3. The van der Waals surface area contributed by atoms with Crippen LogP contribution in [0.25, 0.3) is 0 Å². The highest BCUT2D eigenvalue weighted by atomic mass is 19.1. The summed E-state index contributed by atoms with van der Waals surface area (Å²) in [5, 5.41) is 2.22. The maximum Gasteiger partial charge on any atom is 0.255 e. The number of fused-ring (bicyclic) bond motifs is 1. The van der Waals surface area contributed by atoms with E-state index < -0.39 is 30.0 Å². The Morgan fingerprint density at radius 1 is 1.27 bits per heavy atom. The number of imide groups is 1. The molecule has 140 valence electrons. The molecule has 1 aromatic carbocycles. The van der Waals surface area contributed by atoms with Gasteiger partial charge in [0.05, 0.1) is 6.54 Å². The van der Waals surface area contributed by atoms with Crippen LogP contribution in [0.5, 0.6) is 5.75 Å². The predicted octanol–water partition coefficient (Wildman–Crippen LogP) is 0.584. The molecule has 0 saturated carbocycles. The highest BCUT2D eigenvalue weighted by Gasteiger charge is 2.40. The Kier molecular flexibility index (Phi) is 5.19. The molecule has 0 bridgehead atoms. The molecule has 3 rings (SSSR count). The van der Waals surface area contributed by atoms with Gasteiger partial charge >= 0.3 is 0 Å². The van der Waals surface area contributed by atoms with Gasteiger partial charge in [-0.05, 0) is 18.6 Å². The summed E-state index contributed by atoms with van der Waals surface area (Å²) in [5.41, 5.74) is 0.642. The van der Waals surface area contributed by atoms with Crippen LogP contribution >= 0.6 is 0 Å². The van der Waals surface area contributed by atoms with Crippen molar-refractivity contribution in [3.05, 3.63) is 29.1 Å². The average Bonchev–Trinajstić information content (AvgIpc) is 2.94. The third-order valence-electron chi connectivity index (χ3n) is 4.51. The Bertz CT molecular complexity index is 749. The summed E-state index contributed by atoms with van der Waals surface area (Å²) in [7, 11) is 2.86. The van der Waals surface area contributed by atoms with Crippen molar-refractivity contribution in [3.63, 3.8) is 0 Å². The van der Waals surface area contributed by atoms with Gasteiger partial charge < -0.3 is 19.1 Å². The number of hydrogen-bond acceptors (Lipinski definition) is 6. The van der Waals surface area contributed by atoms with Gasteiger partial charge in [-0.3, -0.25) is 19.7 Å². The molecule has 0 aliphatic carbocycles. The number of nitrogens with zero attached hydrogens (tertiary/aromatic N) is 1. The van der Waals surface area contributed by atoms with Crippen LogP contribution in [0.3, 0.4) is 0 Å². The molecule has 1 atom stereocenters. The molecule has 0 radical (unpaired) electrons. The number of nitrogens with one attached hydrogen (secondary N) is 1. The number of carbonyl (C=O) groups excluding carboxylic acids is 3. The van der Waals surface area contributed by atoms with E-state index in [1.54, 1.807) is 0 Å². The van der Waals surface area contributed by atoms with Crippen molar-refractivity contribution >= 4 is 17.7 Å². The Labute approximate surface area is 149 Å². The first kappa shape index (κ1) is 18.3. The number of piperidine rings is 1. The van der Waals surface area contributed by atoms with Crippen molar-refractivity contribution < 1.29 is 33.0 Å². The molecule has 1 unspecified atom stereocenters. The molecule has 0 aromatic heterocycles. The van der Waals surface area contributed by atoms with E-state index in [1.165, 1.54) is 25.2 Å². The van der Waals surface area contributed by atoms with Gasteiger partial charge in [-0.1, -0.05) is 0 Å². The smallest absolute Gasteiger partial charge is 0.255 e. The second-order valence-corrected chi connectivity index (χ2v) is 6.01. The first-order valence-electron chi connectivity index (χ1n) is 8.10. The van der Waals surface area contributed by atoms with Crippen LogP contribution in [0.2, 0.25) is 0 Å². The minimum absolute atomic E-state index is 0.0260. The number of amides is 3. The summed E-state index contributed by atoms with van der Waals surface area (Å²) in [6.07, 6.45) is -0.301. The zero-order valence-electron chi connectivity index (χ0n) is 14.4. The van der Waals surface area contributed by atoms with Crippen LogP contribution in [0, 0.1) is 5.82 Å². The molecule has 1 fully saturated rings. The third kappa shape index (κ3) is 3.27. The molecule has 1 aromatic rings. The fourth-order valence-corrected chi connectivity index (χ4v) is 3.12. The SMILES string of the molecule is COC(COc1c(F)ccc2c1CN(C1CCC(=O)NC1=O)C2=O)OC. The fraction of sp³-hybridized carbons (Fsp3) is 0.471. The molecule has 3 amide bonds. The van der Waals surface area contributed by atoms with Crippen LogP contribution in [0.4, 0.5) is 4.39 Å². The quantitative estimate of drug-likeness (QED) is 0.585. The molecule has 0 spiro atoms. The van der Waals surface area contributed by atoms with E-state index >= 15 is 0 Å². The Morgan fingerprint density at radius 2 is 2.00 bits per heavy atom. The van der Waals surface area contributed by atoms with Gasteiger partial charge in [0.25, 0.3) is 5.91 Å². The lowest BCUT2D eigenvalue weighted by atomic mass is 10.0. The van der Waals surface area contributed by atoms with Crippen LogP contribution in [0.15, 0.2) is 12.1 Å². The van der Waals surface area contributed by atoms with Gasteiger partial charge in [0.2, 0.25) is 11.8 Å². The number of hydrogen-bond donors (Lipinski definition) is 1. The number of carbonyl (C=O) groups is 3. The molecular weight excluding hydrogens is 347 g/mol. The number of methoxy groups -OCH3 is 2. The molecule has 1 N–H and O–H groups in total. The lowest BCUT2D eigenvalue weighted by molar-refractivity contribution is -0.136. The second-order valence-electron chi connectivity index (χ2n) is 6.01. The maximum atomic E-state index is 14.3. The summed E-state index contributed by atoms with van der Waals surface area (Å²) < 4.78 is 29.8. The van der Waals surface area contributed by atoms with Crippen molar-refractivity contribution in [3.8, 4) is 5.75 Å². The predicted molar refractivity (Wildman–Crippen MR) is 85.7 cm³/mol. The molecular formula is C17H19FN2O6. The highest BCUT2D eigenvalue weighted by Crippen LogP contribution is 2.35. The summed E-state index contributed by atoms with van der Waals surface area (Å²) in [6.45, 7) is -0.0366. The number of rotatable bonds is 6. The van der Waals surface area contributed by atoms with E-state index in [-0.39, 0.29) is 43.2 Å². The van der Waals surface area contributed by atoms with E-state index in [2.05, 4.69) is 5.32 Å². The first-order valence-corrected chi connectivity index (χ1v) is 8.10. The normalized spacial score (nSPS) is 19.8. The molecule has 2 heterocycles. The van der Waals surface area contributed by atoms with Crippen molar-refractivity contribution in [1.29, 1.82) is 0 Å². The van der Waals surface area contributed by atoms with Gasteiger partial charge in [-0.2, -0.15) is 0 Å². The van der Waals surface area contributed by atoms with Crippen molar-refractivity contribution in [2.45, 2.75) is 31.7 Å². The van der Waals surface area contributed by atoms with Crippen LogP contribution in [-0.4, -0.2) is 55.8 Å². The lowest BCUT2D eigenvalue weighted by Gasteiger charge is -2.29. The third-order valence-corrected chi connectivity index (χ3v) is 4.51. The van der Waals surface area contributed by atoms with Gasteiger partial charge in [-0.25, -0.2) is 4.39 Å². The standard InChI is InChI=1S/C17H19FN2O6/c1-24-14(25-2)8-26-15-10-7-20(12-5-6-13(21)19-16(12)22)17(23)9(10)3-4-11(15)18/h3-4,12,14H,5-8H2,1-2H3,(H,19,21,22). The van der Waals surface area contributed by atoms with Crippen LogP contribution < -0.4 is 10.1 Å². The van der Waals surface area contributed by atoms with E-state index in [0.29, 0.717) is 5.56 Å². The minimum atomic E-state index is -0.769.